The van der Waals surface area contributed by atoms with E-state index in [9.17, 15) is 4.79 Å². The zero-order chi connectivity index (χ0) is 23.4. The van der Waals surface area contributed by atoms with Gasteiger partial charge in [0.05, 0.1) is 43.4 Å². The van der Waals surface area contributed by atoms with Crippen molar-refractivity contribution < 1.29 is 23.7 Å². The number of benzene rings is 3. The number of methoxy groups -OCH3 is 3. The van der Waals surface area contributed by atoms with Crippen LogP contribution in [0.15, 0.2) is 54.6 Å². The molecule has 170 valence electrons. The van der Waals surface area contributed by atoms with Gasteiger partial charge in [0.15, 0.2) is 11.5 Å². The summed E-state index contributed by atoms with van der Waals surface area (Å²) in [7, 11) is 6.27. The Morgan fingerprint density at radius 2 is 1.70 bits per heavy atom. The SMILES string of the molecule is CNC(=O)OCc1cccc(Nc2c3ccccc3nc3cc(OC)c(OC)c(OC)c23)c1. The van der Waals surface area contributed by atoms with Gasteiger partial charge in [-0.25, -0.2) is 9.78 Å². The van der Waals surface area contributed by atoms with Crippen molar-refractivity contribution >= 4 is 39.3 Å². The van der Waals surface area contributed by atoms with Crippen LogP contribution in [0.1, 0.15) is 5.56 Å². The monoisotopic (exact) mass is 447 g/mol. The van der Waals surface area contributed by atoms with Crippen LogP contribution in [0.25, 0.3) is 21.8 Å². The lowest BCUT2D eigenvalue weighted by molar-refractivity contribution is 0.142. The quantitative estimate of drug-likeness (QED) is 0.385. The number of nitrogens with zero attached hydrogens (tertiary/aromatic N) is 1. The van der Waals surface area contributed by atoms with Crippen LogP contribution in [-0.4, -0.2) is 39.5 Å². The highest BCUT2D eigenvalue weighted by molar-refractivity contribution is 6.12. The fraction of sp³-hybridized carbons (Fsp3) is 0.200. The normalized spacial score (nSPS) is 10.7. The fourth-order valence-electron chi connectivity index (χ4n) is 3.75. The smallest absolute Gasteiger partial charge is 0.407 e. The van der Waals surface area contributed by atoms with Gasteiger partial charge in [-0.3, -0.25) is 0 Å². The average molecular weight is 447 g/mol. The minimum Gasteiger partial charge on any atom is -0.493 e. The van der Waals surface area contributed by atoms with Gasteiger partial charge in [-0.2, -0.15) is 0 Å². The number of fused-ring (bicyclic) bond motifs is 2. The van der Waals surface area contributed by atoms with Gasteiger partial charge in [0, 0.05) is 24.2 Å². The summed E-state index contributed by atoms with van der Waals surface area (Å²) in [5.41, 5.74) is 4.00. The molecule has 4 aromatic rings. The van der Waals surface area contributed by atoms with Crippen molar-refractivity contribution in [3.05, 3.63) is 60.2 Å². The highest BCUT2D eigenvalue weighted by Crippen LogP contribution is 2.47. The number of carbonyl (C=O) groups excluding carboxylic acids is 1. The van der Waals surface area contributed by atoms with E-state index in [1.165, 1.54) is 7.05 Å². The summed E-state index contributed by atoms with van der Waals surface area (Å²) >= 11 is 0. The first-order valence-electron chi connectivity index (χ1n) is 10.3. The van der Waals surface area contributed by atoms with Crippen LogP contribution in [0.5, 0.6) is 17.2 Å². The number of amides is 1. The fourth-order valence-corrected chi connectivity index (χ4v) is 3.75. The molecule has 0 aliphatic heterocycles. The van der Waals surface area contributed by atoms with Crippen molar-refractivity contribution in [3.63, 3.8) is 0 Å². The van der Waals surface area contributed by atoms with Crippen LogP contribution >= 0.6 is 0 Å². The molecule has 0 unspecified atom stereocenters. The molecule has 0 bridgehead atoms. The van der Waals surface area contributed by atoms with Crippen LogP contribution in [0, 0.1) is 0 Å². The lowest BCUT2D eigenvalue weighted by Gasteiger charge is -2.19. The number of pyridine rings is 1. The first-order valence-corrected chi connectivity index (χ1v) is 10.3. The summed E-state index contributed by atoms with van der Waals surface area (Å²) in [5, 5.41) is 7.65. The Morgan fingerprint density at radius 3 is 2.42 bits per heavy atom. The molecule has 8 heteroatoms. The number of nitrogens with one attached hydrogen (secondary N) is 2. The second-order valence-corrected chi connectivity index (χ2v) is 7.19. The van der Waals surface area contributed by atoms with Crippen LogP contribution in [-0.2, 0) is 11.3 Å². The van der Waals surface area contributed by atoms with E-state index in [0.29, 0.717) is 22.8 Å². The summed E-state index contributed by atoms with van der Waals surface area (Å²) in [6, 6.07) is 17.4. The third-order valence-corrected chi connectivity index (χ3v) is 5.24. The molecule has 0 fully saturated rings. The number of hydrogen-bond acceptors (Lipinski definition) is 7. The maximum absolute atomic E-state index is 11.4. The second kappa shape index (κ2) is 9.52. The molecule has 1 heterocycles. The minimum absolute atomic E-state index is 0.154. The molecule has 1 aromatic heterocycles. The molecule has 0 saturated heterocycles. The second-order valence-electron chi connectivity index (χ2n) is 7.19. The van der Waals surface area contributed by atoms with Crippen LogP contribution in [0.2, 0.25) is 0 Å². The van der Waals surface area contributed by atoms with Crippen molar-refractivity contribution in [1.82, 2.24) is 10.3 Å². The van der Waals surface area contributed by atoms with Crippen LogP contribution in [0.4, 0.5) is 16.2 Å². The maximum atomic E-state index is 11.4. The lowest BCUT2D eigenvalue weighted by atomic mass is 10.0. The third kappa shape index (κ3) is 4.27. The summed E-state index contributed by atoms with van der Waals surface area (Å²) in [5.74, 6) is 1.54. The average Bonchev–Trinajstić information content (AvgIpc) is 2.86. The van der Waals surface area contributed by atoms with Crippen molar-refractivity contribution in [3.8, 4) is 17.2 Å². The predicted molar refractivity (Wildman–Crippen MR) is 128 cm³/mol. The van der Waals surface area contributed by atoms with Gasteiger partial charge in [-0.05, 0) is 23.8 Å². The number of ether oxygens (including phenoxy) is 4. The van der Waals surface area contributed by atoms with E-state index >= 15 is 0 Å². The van der Waals surface area contributed by atoms with Crippen molar-refractivity contribution in [2.75, 3.05) is 33.7 Å². The Labute approximate surface area is 191 Å². The van der Waals surface area contributed by atoms with Crippen LogP contribution in [0.3, 0.4) is 0 Å². The highest BCUT2D eigenvalue weighted by Gasteiger charge is 2.21. The van der Waals surface area contributed by atoms with Gasteiger partial charge >= 0.3 is 6.09 Å². The molecule has 4 rings (SSSR count). The van der Waals surface area contributed by atoms with Crippen LogP contribution < -0.4 is 24.8 Å². The number of aromatic nitrogens is 1. The van der Waals surface area contributed by atoms with E-state index in [2.05, 4.69) is 10.6 Å². The Kier molecular flexibility index (Phi) is 6.35. The van der Waals surface area contributed by atoms with Gasteiger partial charge < -0.3 is 29.6 Å². The highest BCUT2D eigenvalue weighted by atomic mass is 16.5. The predicted octanol–water partition coefficient (Wildman–Crippen LogP) is 5.01. The molecular weight excluding hydrogens is 422 g/mol. The number of alkyl carbamates (subject to hydrolysis) is 1. The summed E-state index contributed by atoms with van der Waals surface area (Å²) in [6.45, 7) is 0.154. The molecule has 3 aromatic carbocycles. The van der Waals surface area contributed by atoms with Crippen molar-refractivity contribution in [1.29, 1.82) is 0 Å². The van der Waals surface area contributed by atoms with Crippen molar-refractivity contribution in [2.45, 2.75) is 6.61 Å². The molecule has 2 N–H and O–H groups in total. The largest absolute Gasteiger partial charge is 0.493 e. The molecule has 0 aliphatic rings. The van der Waals surface area contributed by atoms with E-state index < -0.39 is 6.09 Å². The van der Waals surface area contributed by atoms with E-state index in [0.717, 1.165) is 33.2 Å². The molecule has 0 saturated carbocycles. The van der Waals surface area contributed by atoms with Gasteiger partial charge in [-0.1, -0.05) is 30.3 Å². The number of para-hydroxylation sites is 1. The van der Waals surface area contributed by atoms with Gasteiger partial charge in [-0.15, -0.1) is 0 Å². The maximum Gasteiger partial charge on any atom is 0.407 e. The molecule has 0 aliphatic carbocycles. The Morgan fingerprint density at radius 1 is 0.909 bits per heavy atom. The summed E-state index contributed by atoms with van der Waals surface area (Å²) < 4.78 is 22.1. The van der Waals surface area contributed by atoms with Gasteiger partial charge in [0.25, 0.3) is 0 Å². The Balaban J connectivity index is 1.89. The zero-order valence-corrected chi connectivity index (χ0v) is 18.9. The van der Waals surface area contributed by atoms with E-state index in [1.807, 2.05) is 54.6 Å². The molecule has 0 spiro atoms. The first-order chi connectivity index (χ1) is 16.1. The number of carbonyl (C=O) groups is 1. The molecule has 0 radical (unpaired) electrons. The van der Waals surface area contributed by atoms with Gasteiger partial charge in [0.1, 0.15) is 6.61 Å². The Hall–Kier alpha value is -4.20. The molecule has 8 nitrogen and oxygen atoms in total. The molecule has 1 amide bonds. The number of rotatable bonds is 7. The standard InChI is InChI=1S/C25H25N3O5/c1-26-25(29)33-14-15-8-7-9-16(12-15)27-22-17-10-5-6-11-18(17)28-19-13-20(30-2)23(31-3)24(32-4)21(19)22/h5-13H,14H2,1-4H3,(H,26,29)(H,27,28). The Bertz CT molecular complexity index is 1320. The summed E-state index contributed by atoms with van der Waals surface area (Å²) in [6.07, 6.45) is -0.481. The van der Waals surface area contributed by atoms with Crippen molar-refractivity contribution in [2.24, 2.45) is 0 Å². The van der Waals surface area contributed by atoms with E-state index in [4.69, 9.17) is 23.9 Å². The van der Waals surface area contributed by atoms with Gasteiger partial charge in [0.2, 0.25) is 5.75 Å². The summed E-state index contributed by atoms with van der Waals surface area (Å²) in [4.78, 5) is 16.3. The zero-order valence-electron chi connectivity index (χ0n) is 18.9. The first kappa shape index (κ1) is 22.0. The molecular formula is C25H25N3O5. The topological polar surface area (TPSA) is 90.9 Å². The number of hydrogen-bond donors (Lipinski definition) is 2. The lowest BCUT2D eigenvalue weighted by Crippen LogP contribution is -2.18. The third-order valence-electron chi connectivity index (χ3n) is 5.24. The molecule has 0 atom stereocenters. The van der Waals surface area contributed by atoms with E-state index in [-0.39, 0.29) is 6.61 Å². The number of anilines is 2. The molecule has 33 heavy (non-hydrogen) atoms. The van der Waals surface area contributed by atoms with E-state index in [1.54, 1.807) is 21.3 Å². The minimum atomic E-state index is -0.481.